The highest BCUT2D eigenvalue weighted by atomic mass is 16.1. The van der Waals surface area contributed by atoms with E-state index in [4.69, 9.17) is 0 Å². The van der Waals surface area contributed by atoms with Gasteiger partial charge in [-0.15, -0.1) is 0 Å². The van der Waals surface area contributed by atoms with Gasteiger partial charge in [0, 0.05) is 11.3 Å². The van der Waals surface area contributed by atoms with Crippen molar-refractivity contribution >= 4 is 17.8 Å². The molecule has 102 valence electrons. The number of nitrogens with zero attached hydrogens (tertiary/aromatic N) is 1. The van der Waals surface area contributed by atoms with Crippen molar-refractivity contribution in [2.75, 3.05) is 4.90 Å². The molecule has 3 aromatic rings. The monoisotopic (exact) mass is 273 g/mol. The largest absolute Gasteiger partial charge is 0.283 e. The Bertz CT molecular complexity index is 723. The molecular weight excluding hydrogens is 258 g/mol. The Morgan fingerprint density at radius 1 is 0.667 bits per heavy atom. The molecule has 1 amide bonds. The van der Waals surface area contributed by atoms with Gasteiger partial charge in [-0.1, -0.05) is 66.7 Å². The molecule has 0 spiro atoms. The zero-order chi connectivity index (χ0) is 14.5. The lowest BCUT2D eigenvalue weighted by Crippen LogP contribution is -2.14. The molecule has 21 heavy (non-hydrogen) atoms. The first kappa shape index (κ1) is 13.1. The van der Waals surface area contributed by atoms with Crippen molar-refractivity contribution in [2.45, 2.75) is 0 Å². The SMILES string of the molecule is O=CN(c1ccccc1)c1ccccc1-c1ccccc1. The van der Waals surface area contributed by atoms with Crippen LogP contribution in [0.1, 0.15) is 0 Å². The molecule has 0 saturated carbocycles. The highest BCUT2D eigenvalue weighted by Crippen LogP contribution is 2.33. The second-order valence-corrected chi connectivity index (χ2v) is 4.69. The molecule has 0 atom stereocenters. The maximum atomic E-state index is 11.6. The van der Waals surface area contributed by atoms with Crippen molar-refractivity contribution in [2.24, 2.45) is 0 Å². The molecule has 0 aliphatic rings. The van der Waals surface area contributed by atoms with Crippen LogP contribution in [0.4, 0.5) is 11.4 Å². The maximum absolute atomic E-state index is 11.6. The quantitative estimate of drug-likeness (QED) is 0.634. The van der Waals surface area contributed by atoms with Crippen LogP contribution in [0.25, 0.3) is 11.1 Å². The number of rotatable bonds is 4. The molecule has 0 N–H and O–H groups in total. The summed E-state index contributed by atoms with van der Waals surface area (Å²) in [5.74, 6) is 0. The molecule has 0 saturated heterocycles. The minimum atomic E-state index is 0.857. The zero-order valence-corrected chi connectivity index (χ0v) is 11.5. The summed E-state index contributed by atoms with van der Waals surface area (Å²) in [6.07, 6.45) is 0.858. The number of para-hydroxylation sites is 2. The number of amides is 1. The molecule has 3 rings (SSSR count). The van der Waals surface area contributed by atoms with Crippen LogP contribution in [-0.2, 0) is 4.79 Å². The molecule has 0 bridgehead atoms. The molecule has 0 aliphatic carbocycles. The Kier molecular flexibility index (Phi) is 3.79. The minimum Gasteiger partial charge on any atom is -0.283 e. The van der Waals surface area contributed by atoms with E-state index < -0.39 is 0 Å². The van der Waals surface area contributed by atoms with Crippen LogP contribution in [0.2, 0.25) is 0 Å². The third kappa shape index (κ3) is 2.70. The first-order chi connectivity index (χ1) is 10.4. The zero-order valence-electron chi connectivity index (χ0n) is 11.5. The van der Waals surface area contributed by atoms with E-state index in [2.05, 4.69) is 0 Å². The number of anilines is 2. The van der Waals surface area contributed by atoms with Crippen LogP contribution < -0.4 is 4.90 Å². The van der Waals surface area contributed by atoms with Gasteiger partial charge in [0.15, 0.2) is 0 Å². The highest BCUT2D eigenvalue weighted by Gasteiger charge is 2.12. The number of hydrogen-bond acceptors (Lipinski definition) is 1. The van der Waals surface area contributed by atoms with Gasteiger partial charge in [-0.3, -0.25) is 9.69 Å². The van der Waals surface area contributed by atoms with Crippen LogP contribution in [0.5, 0.6) is 0 Å². The Morgan fingerprint density at radius 2 is 1.24 bits per heavy atom. The molecule has 0 aromatic heterocycles. The molecule has 0 radical (unpaired) electrons. The topological polar surface area (TPSA) is 20.3 Å². The van der Waals surface area contributed by atoms with E-state index in [1.165, 1.54) is 0 Å². The summed E-state index contributed by atoms with van der Waals surface area (Å²) in [5, 5.41) is 0. The average Bonchev–Trinajstić information content (AvgIpc) is 2.58. The van der Waals surface area contributed by atoms with Crippen LogP contribution in [-0.4, -0.2) is 6.41 Å². The summed E-state index contributed by atoms with van der Waals surface area (Å²) in [4.78, 5) is 13.3. The van der Waals surface area contributed by atoms with Crippen LogP contribution in [0, 0.1) is 0 Å². The van der Waals surface area contributed by atoms with Gasteiger partial charge in [-0.2, -0.15) is 0 Å². The van der Waals surface area contributed by atoms with Crippen molar-refractivity contribution in [3.05, 3.63) is 84.9 Å². The molecule has 3 aromatic carbocycles. The summed E-state index contributed by atoms with van der Waals surface area (Å²) in [5.41, 5.74) is 3.87. The minimum absolute atomic E-state index is 0.857. The first-order valence-corrected chi connectivity index (χ1v) is 6.84. The maximum Gasteiger partial charge on any atom is 0.218 e. The molecule has 2 nitrogen and oxygen atoms in total. The van der Waals surface area contributed by atoms with Crippen LogP contribution in [0.3, 0.4) is 0 Å². The summed E-state index contributed by atoms with van der Waals surface area (Å²) < 4.78 is 0. The predicted octanol–water partition coefficient (Wildman–Crippen LogP) is 4.65. The Balaban J connectivity index is 2.12. The van der Waals surface area contributed by atoms with E-state index in [9.17, 15) is 4.79 Å². The Morgan fingerprint density at radius 3 is 1.90 bits per heavy atom. The van der Waals surface area contributed by atoms with Crippen molar-refractivity contribution in [3.8, 4) is 11.1 Å². The molecule has 0 heterocycles. The van der Waals surface area contributed by atoms with E-state index in [1.54, 1.807) is 4.90 Å². The van der Waals surface area contributed by atoms with Gasteiger partial charge < -0.3 is 0 Å². The van der Waals surface area contributed by atoms with E-state index in [-0.39, 0.29) is 0 Å². The number of carbonyl (C=O) groups excluding carboxylic acids is 1. The summed E-state index contributed by atoms with van der Waals surface area (Å²) in [6, 6.07) is 27.7. The molecular formula is C19H15NO. The fraction of sp³-hybridized carbons (Fsp3) is 0. The molecule has 0 fully saturated rings. The van der Waals surface area contributed by atoms with Gasteiger partial charge in [-0.05, 0) is 23.8 Å². The van der Waals surface area contributed by atoms with Gasteiger partial charge in [0.1, 0.15) is 0 Å². The van der Waals surface area contributed by atoms with E-state index in [0.717, 1.165) is 28.9 Å². The first-order valence-electron chi connectivity index (χ1n) is 6.84. The third-order valence-electron chi connectivity index (χ3n) is 3.39. The number of hydrogen-bond donors (Lipinski definition) is 0. The van der Waals surface area contributed by atoms with Gasteiger partial charge in [-0.25, -0.2) is 0 Å². The van der Waals surface area contributed by atoms with Crippen molar-refractivity contribution in [3.63, 3.8) is 0 Å². The Hall–Kier alpha value is -2.87. The lowest BCUT2D eigenvalue weighted by atomic mass is 10.0. The van der Waals surface area contributed by atoms with Gasteiger partial charge in [0.05, 0.1) is 5.69 Å². The summed E-state index contributed by atoms with van der Waals surface area (Å²) in [6.45, 7) is 0. The van der Waals surface area contributed by atoms with E-state index in [0.29, 0.717) is 0 Å². The van der Waals surface area contributed by atoms with Crippen molar-refractivity contribution < 1.29 is 4.79 Å². The fourth-order valence-corrected chi connectivity index (χ4v) is 2.39. The normalized spacial score (nSPS) is 10.1. The lowest BCUT2D eigenvalue weighted by Gasteiger charge is -2.21. The molecule has 0 aliphatic heterocycles. The Labute approximate surface area is 124 Å². The van der Waals surface area contributed by atoms with Crippen LogP contribution >= 0.6 is 0 Å². The smallest absolute Gasteiger partial charge is 0.218 e. The van der Waals surface area contributed by atoms with Crippen molar-refractivity contribution in [1.82, 2.24) is 0 Å². The standard InChI is InChI=1S/C19H15NO/c21-15-20(17-11-5-2-6-12-17)19-14-8-7-13-18(19)16-9-3-1-4-10-16/h1-15H. The third-order valence-corrected chi connectivity index (χ3v) is 3.39. The second kappa shape index (κ2) is 6.06. The predicted molar refractivity (Wildman–Crippen MR) is 86.5 cm³/mol. The van der Waals surface area contributed by atoms with Gasteiger partial charge in [0.2, 0.25) is 6.41 Å². The number of carbonyl (C=O) groups is 1. The van der Waals surface area contributed by atoms with E-state index >= 15 is 0 Å². The second-order valence-electron chi connectivity index (χ2n) is 4.69. The fourth-order valence-electron chi connectivity index (χ4n) is 2.39. The van der Waals surface area contributed by atoms with E-state index in [1.807, 2.05) is 84.9 Å². The highest BCUT2D eigenvalue weighted by molar-refractivity contribution is 5.93. The van der Waals surface area contributed by atoms with Crippen molar-refractivity contribution in [1.29, 1.82) is 0 Å². The molecule has 0 unspecified atom stereocenters. The molecule has 2 heteroatoms. The lowest BCUT2D eigenvalue weighted by molar-refractivity contribution is -0.106. The summed E-state index contributed by atoms with van der Waals surface area (Å²) in [7, 11) is 0. The van der Waals surface area contributed by atoms with Gasteiger partial charge >= 0.3 is 0 Å². The van der Waals surface area contributed by atoms with Gasteiger partial charge in [0.25, 0.3) is 0 Å². The number of benzene rings is 3. The average molecular weight is 273 g/mol. The summed E-state index contributed by atoms with van der Waals surface area (Å²) >= 11 is 0. The van der Waals surface area contributed by atoms with Crippen LogP contribution in [0.15, 0.2) is 84.9 Å².